The molecule has 0 radical (unpaired) electrons. The molecule has 6 heteroatoms. The van der Waals surface area contributed by atoms with Gasteiger partial charge in [0.05, 0.1) is 26.5 Å². The number of benzene rings is 1. The van der Waals surface area contributed by atoms with Gasteiger partial charge in [0.25, 0.3) is 5.91 Å². The first-order chi connectivity index (χ1) is 11.6. The van der Waals surface area contributed by atoms with E-state index >= 15 is 0 Å². The van der Waals surface area contributed by atoms with Crippen LogP contribution in [0, 0.1) is 6.92 Å². The molecule has 0 aliphatic heterocycles. The molecule has 0 aliphatic carbocycles. The second kappa shape index (κ2) is 6.62. The number of rotatable bonds is 5. The van der Waals surface area contributed by atoms with E-state index in [1.54, 1.807) is 25.3 Å². The van der Waals surface area contributed by atoms with Crippen LogP contribution in [0.1, 0.15) is 21.6 Å². The number of aryl methyl sites for hydroxylation is 1. The van der Waals surface area contributed by atoms with Gasteiger partial charge in [-0.2, -0.15) is 0 Å². The maximum atomic E-state index is 12.3. The van der Waals surface area contributed by atoms with Crippen molar-refractivity contribution in [1.29, 1.82) is 0 Å². The molecule has 0 aliphatic rings. The summed E-state index contributed by atoms with van der Waals surface area (Å²) >= 11 is 0. The highest BCUT2D eigenvalue weighted by molar-refractivity contribution is 5.94. The van der Waals surface area contributed by atoms with Gasteiger partial charge >= 0.3 is 0 Å². The molecule has 0 bridgehead atoms. The van der Waals surface area contributed by atoms with Crippen molar-refractivity contribution in [2.45, 2.75) is 13.5 Å². The summed E-state index contributed by atoms with van der Waals surface area (Å²) in [6, 6.07) is 9.02. The Labute approximate surface area is 140 Å². The van der Waals surface area contributed by atoms with Crippen molar-refractivity contribution in [3.05, 3.63) is 59.5 Å². The number of ether oxygens (including phenoxy) is 2. The number of nitrogens with zero attached hydrogens (tertiary/aromatic N) is 2. The number of methoxy groups -OCH3 is 2. The van der Waals surface area contributed by atoms with Crippen molar-refractivity contribution in [3.8, 4) is 11.5 Å². The lowest BCUT2D eigenvalue weighted by Crippen LogP contribution is -2.23. The van der Waals surface area contributed by atoms with Crippen molar-refractivity contribution < 1.29 is 14.3 Å². The molecular weight excluding hydrogens is 306 g/mol. The molecule has 0 unspecified atom stereocenters. The summed E-state index contributed by atoms with van der Waals surface area (Å²) in [6.45, 7) is 2.38. The highest BCUT2D eigenvalue weighted by Crippen LogP contribution is 2.27. The molecule has 24 heavy (non-hydrogen) atoms. The van der Waals surface area contributed by atoms with Gasteiger partial charge in [-0.05, 0) is 36.8 Å². The summed E-state index contributed by atoms with van der Waals surface area (Å²) in [4.78, 5) is 16.8. The second-order valence-electron chi connectivity index (χ2n) is 5.46. The van der Waals surface area contributed by atoms with Crippen LogP contribution in [0.15, 0.2) is 42.7 Å². The van der Waals surface area contributed by atoms with E-state index in [4.69, 9.17) is 9.47 Å². The number of carbonyl (C=O) groups excluding carboxylic acids is 1. The lowest BCUT2D eigenvalue weighted by atomic mass is 10.2. The Bertz CT molecular complexity index is 886. The summed E-state index contributed by atoms with van der Waals surface area (Å²) in [5.41, 5.74) is 3.32. The predicted molar refractivity (Wildman–Crippen MR) is 90.6 cm³/mol. The van der Waals surface area contributed by atoms with Crippen molar-refractivity contribution in [3.63, 3.8) is 0 Å². The molecule has 1 amide bonds. The first-order valence-corrected chi connectivity index (χ1v) is 7.55. The van der Waals surface area contributed by atoms with Crippen LogP contribution in [0.25, 0.3) is 5.65 Å². The maximum absolute atomic E-state index is 12.3. The zero-order valence-electron chi connectivity index (χ0n) is 13.9. The van der Waals surface area contributed by atoms with Crippen LogP contribution in [0.5, 0.6) is 11.5 Å². The lowest BCUT2D eigenvalue weighted by Gasteiger charge is -2.09. The second-order valence-corrected chi connectivity index (χ2v) is 5.46. The Kier molecular flexibility index (Phi) is 4.37. The lowest BCUT2D eigenvalue weighted by molar-refractivity contribution is 0.0950. The van der Waals surface area contributed by atoms with Crippen molar-refractivity contribution in [2.24, 2.45) is 0 Å². The zero-order valence-corrected chi connectivity index (χ0v) is 13.9. The summed E-state index contributed by atoms with van der Waals surface area (Å²) < 4.78 is 12.3. The number of imidazole rings is 1. The number of hydrogen-bond donors (Lipinski definition) is 1. The number of nitrogens with one attached hydrogen (secondary N) is 1. The van der Waals surface area contributed by atoms with Gasteiger partial charge in [0.15, 0.2) is 11.5 Å². The summed E-state index contributed by atoms with van der Waals surface area (Å²) in [5, 5.41) is 2.87. The predicted octanol–water partition coefficient (Wildman–Crippen LogP) is 2.59. The van der Waals surface area contributed by atoms with Gasteiger partial charge in [-0.3, -0.25) is 4.79 Å². The number of pyridine rings is 1. The van der Waals surface area contributed by atoms with E-state index < -0.39 is 0 Å². The molecule has 3 aromatic rings. The number of aromatic nitrogens is 2. The van der Waals surface area contributed by atoms with E-state index in [9.17, 15) is 4.79 Å². The smallest absolute Gasteiger partial charge is 0.251 e. The van der Waals surface area contributed by atoms with Gasteiger partial charge < -0.3 is 19.2 Å². The van der Waals surface area contributed by atoms with Crippen molar-refractivity contribution in [2.75, 3.05) is 14.2 Å². The first-order valence-electron chi connectivity index (χ1n) is 7.55. The average molecular weight is 325 g/mol. The fourth-order valence-electron chi connectivity index (χ4n) is 2.49. The van der Waals surface area contributed by atoms with Crippen molar-refractivity contribution in [1.82, 2.24) is 14.7 Å². The van der Waals surface area contributed by atoms with E-state index in [-0.39, 0.29) is 5.91 Å². The van der Waals surface area contributed by atoms with Crippen LogP contribution in [0.2, 0.25) is 0 Å². The van der Waals surface area contributed by atoms with Gasteiger partial charge in [0.1, 0.15) is 5.65 Å². The minimum atomic E-state index is -0.191. The number of amides is 1. The van der Waals surface area contributed by atoms with E-state index in [0.29, 0.717) is 23.6 Å². The number of carbonyl (C=O) groups is 1. The van der Waals surface area contributed by atoms with Crippen molar-refractivity contribution >= 4 is 11.6 Å². The van der Waals surface area contributed by atoms with Crippen LogP contribution < -0.4 is 14.8 Å². The van der Waals surface area contributed by atoms with E-state index in [2.05, 4.69) is 10.3 Å². The molecular formula is C18H19N3O3. The van der Waals surface area contributed by atoms with Gasteiger partial charge in [0.2, 0.25) is 0 Å². The van der Waals surface area contributed by atoms with Crippen LogP contribution in [-0.2, 0) is 6.54 Å². The molecule has 2 heterocycles. The fraction of sp³-hybridized carbons (Fsp3) is 0.222. The molecule has 0 saturated heterocycles. The third-order valence-electron chi connectivity index (χ3n) is 3.72. The zero-order chi connectivity index (χ0) is 17.1. The van der Waals surface area contributed by atoms with Crippen LogP contribution in [-0.4, -0.2) is 29.5 Å². The Morgan fingerprint density at radius 2 is 1.92 bits per heavy atom. The summed E-state index contributed by atoms with van der Waals surface area (Å²) in [5.74, 6) is 0.919. The Morgan fingerprint density at radius 1 is 1.12 bits per heavy atom. The highest BCUT2D eigenvalue weighted by atomic mass is 16.5. The molecule has 0 atom stereocenters. The minimum Gasteiger partial charge on any atom is -0.493 e. The minimum absolute atomic E-state index is 0.191. The topological polar surface area (TPSA) is 64.9 Å². The summed E-state index contributed by atoms with van der Waals surface area (Å²) in [6.07, 6.45) is 3.92. The van der Waals surface area contributed by atoms with Crippen LogP contribution in [0.3, 0.4) is 0 Å². The Morgan fingerprint density at radius 3 is 2.67 bits per heavy atom. The SMILES string of the molecule is COc1ccc(C(=O)NCc2cn3cc(C)ccc3n2)cc1OC. The monoisotopic (exact) mass is 325 g/mol. The number of fused-ring (bicyclic) bond motifs is 1. The molecule has 0 fully saturated rings. The molecule has 2 aromatic heterocycles. The molecule has 1 aromatic carbocycles. The maximum Gasteiger partial charge on any atom is 0.251 e. The van der Waals surface area contributed by atoms with Crippen LogP contribution in [0.4, 0.5) is 0 Å². The van der Waals surface area contributed by atoms with Gasteiger partial charge in [0, 0.05) is 18.0 Å². The number of hydrogen-bond acceptors (Lipinski definition) is 4. The van der Waals surface area contributed by atoms with E-state index in [1.807, 2.05) is 35.9 Å². The van der Waals surface area contributed by atoms with Gasteiger partial charge in [-0.1, -0.05) is 6.07 Å². The third-order valence-corrected chi connectivity index (χ3v) is 3.72. The van der Waals surface area contributed by atoms with E-state index in [1.165, 1.54) is 7.11 Å². The summed E-state index contributed by atoms with van der Waals surface area (Å²) in [7, 11) is 3.10. The van der Waals surface area contributed by atoms with Gasteiger partial charge in [-0.25, -0.2) is 4.98 Å². The largest absolute Gasteiger partial charge is 0.493 e. The fourth-order valence-corrected chi connectivity index (χ4v) is 2.49. The Hall–Kier alpha value is -3.02. The molecule has 1 N–H and O–H groups in total. The standard InChI is InChI=1S/C18H19N3O3/c1-12-4-7-17-20-14(11-21(17)10-12)9-19-18(22)13-5-6-15(23-2)16(8-13)24-3/h4-8,10-11H,9H2,1-3H3,(H,19,22). The molecule has 0 saturated carbocycles. The molecule has 6 nitrogen and oxygen atoms in total. The molecule has 3 rings (SSSR count). The average Bonchev–Trinajstić information content (AvgIpc) is 3.00. The van der Waals surface area contributed by atoms with Crippen LogP contribution >= 0.6 is 0 Å². The third kappa shape index (κ3) is 3.17. The van der Waals surface area contributed by atoms with E-state index in [0.717, 1.165) is 16.9 Å². The molecule has 0 spiro atoms. The molecule has 124 valence electrons. The normalized spacial score (nSPS) is 10.6. The quantitative estimate of drug-likeness (QED) is 0.783. The van der Waals surface area contributed by atoms with Gasteiger partial charge in [-0.15, -0.1) is 0 Å². The first kappa shape index (κ1) is 15.9. The highest BCUT2D eigenvalue weighted by Gasteiger charge is 2.11. The Balaban J connectivity index is 1.72.